The molecule has 0 amide bonds. The summed E-state index contributed by atoms with van der Waals surface area (Å²) in [4.78, 5) is 72.8. The minimum absolute atomic E-state index is 0.108. The Bertz CT molecular complexity index is 1860. The third-order valence-corrected chi connectivity index (χ3v) is 20.5. The van der Waals surface area contributed by atoms with Crippen LogP contribution in [-0.2, 0) is 65.4 Å². The first-order valence-corrected chi connectivity index (χ1v) is 44.3. The molecule has 582 valence electrons. The summed E-state index contributed by atoms with van der Waals surface area (Å²) in [5.74, 6) is -2.11. The van der Waals surface area contributed by atoms with Crippen LogP contribution >= 0.6 is 15.6 Å². The van der Waals surface area contributed by atoms with E-state index in [1.54, 1.807) is 0 Å². The van der Waals surface area contributed by atoms with E-state index in [-0.39, 0.29) is 25.7 Å². The van der Waals surface area contributed by atoms with Crippen molar-refractivity contribution in [1.29, 1.82) is 0 Å². The molecule has 3 N–H and O–H groups in total. The van der Waals surface area contributed by atoms with Crippen LogP contribution < -0.4 is 0 Å². The molecule has 0 saturated carbocycles. The Morgan fingerprint density at radius 2 is 0.408 bits per heavy atom. The number of unbranched alkanes of at least 4 members (excludes halogenated alkanes) is 54. The highest BCUT2D eigenvalue weighted by Crippen LogP contribution is 2.45. The van der Waals surface area contributed by atoms with Crippen molar-refractivity contribution in [3.05, 3.63) is 0 Å². The van der Waals surface area contributed by atoms with Crippen LogP contribution in [0.15, 0.2) is 0 Å². The standard InChI is InChI=1S/C79H154O17P2/c1-5-9-13-17-21-24-27-30-33-34-35-36-37-38-39-41-44-47-50-54-58-62-66-79(84)96-75(70-90-77(82)64-60-56-52-48-45-43-40-31-28-25-22-18-14-10-6-2)72-94-98(87,88)92-68-73(80)67-91-97(85,86)93-71-74(69-89-76(81)63-59-55-51-20-16-12-8-4)95-78(83)65-61-57-53-49-46-42-32-29-26-23-19-15-11-7-3/h73-75,80H,5-72H2,1-4H3,(H,85,86)(H,87,88)/t73-,74+,75+/m0/s1. The molecule has 0 aromatic heterocycles. The normalized spacial score (nSPS) is 13.8. The Labute approximate surface area is 600 Å². The Kier molecular flexibility index (Phi) is 71.9. The fourth-order valence-corrected chi connectivity index (χ4v) is 13.9. The zero-order valence-electron chi connectivity index (χ0n) is 63.8. The summed E-state index contributed by atoms with van der Waals surface area (Å²) in [6, 6.07) is 0. The molecule has 5 atom stereocenters. The molecular weight excluding hydrogens is 1280 g/mol. The molecule has 0 heterocycles. The maximum Gasteiger partial charge on any atom is 0.472 e. The molecule has 0 aliphatic heterocycles. The van der Waals surface area contributed by atoms with Gasteiger partial charge in [0.25, 0.3) is 0 Å². The number of carbonyl (C=O) groups excluding carboxylic acids is 4. The number of aliphatic hydroxyl groups is 1. The highest BCUT2D eigenvalue weighted by molar-refractivity contribution is 7.47. The van der Waals surface area contributed by atoms with E-state index in [9.17, 15) is 43.2 Å². The van der Waals surface area contributed by atoms with E-state index < -0.39 is 97.5 Å². The van der Waals surface area contributed by atoms with Gasteiger partial charge in [0.05, 0.1) is 26.4 Å². The average molecular weight is 1440 g/mol. The van der Waals surface area contributed by atoms with Crippen LogP contribution in [0.2, 0.25) is 0 Å². The molecule has 19 heteroatoms. The van der Waals surface area contributed by atoms with Crippen LogP contribution in [0.1, 0.15) is 426 Å². The number of hydrogen-bond donors (Lipinski definition) is 3. The molecular formula is C79H154O17P2. The summed E-state index contributed by atoms with van der Waals surface area (Å²) in [5, 5.41) is 10.6. The minimum Gasteiger partial charge on any atom is -0.462 e. The van der Waals surface area contributed by atoms with Crippen LogP contribution in [0.3, 0.4) is 0 Å². The summed E-state index contributed by atoms with van der Waals surface area (Å²) < 4.78 is 68.5. The first-order chi connectivity index (χ1) is 47.7. The number of aliphatic hydroxyl groups excluding tert-OH is 1. The number of phosphoric ester groups is 2. The van der Waals surface area contributed by atoms with Crippen molar-refractivity contribution in [3.8, 4) is 0 Å². The van der Waals surface area contributed by atoms with E-state index in [0.29, 0.717) is 25.7 Å². The van der Waals surface area contributed by atoms with E-state index in [4.69, 9.17) is 37.0 Å². The molecule has 0 spiro atoms. The Hall–Kier alpha value is -1.94. The van der Waals surface area contributed by atoms with Crippen molar-refractivity contribution < 1.29 is 80.2 Å². The summed E-state index contributed by atoms with van der Waals surface area (Å²) in [6.07, 6.45) is 65.4. The molecule has 0 aromatic carbocycles. The Morgan fingerprint density at radius 1 is 0.245 bits per heavy atom. The summed E-state index contributed by atoms with van der Waals surface area (Å²) in [7, 11) is -9.91. The maximum absolute atomic E-state index is 13.1. The highest BCUT2D eigenvalue weighted by Gasteiger charge is 2.30. The maximum atomic E-state index is 13.1. The molecule has 2 unspecified atom stereocenters. The molecule has 0 aromatic rings. The van der Waals surface area contributed by atoms with Gasteiger partial charge in [-0.15, -0.1) is 0 Å². The molecule has 17 nitrogen and oxygen atoms in total. The fraction of sp³-hybridized carbons (Fsp3) is 0.949. The molecule has 0 radical (unpaired) electrons. The second kappa shape index (κ2) is 73.4. The lowest BCUT2D eigenvalue weighted by Crippen LogP contribution is -2.30. The zero-order chi connectivity index (χ0) is 71.8. The van der Waals surface area contributed by atoms with Gasteiger partial charge in [0, 0.05) is 25.7 Å². The van der Waals surface area contributed by atoms with Crippen LogP contribution in [0, 0.1) is 0 Å². The molecule has 0 fully saturated rings. The predicted octanol–water partition coefficient (Wildman–Crippen LogP) is 23.8. The van der Waals surface area contributed by atoms with E-state index >= 15 is 0 Å². The number of hydrogen-bond acceptors (Lipinski definition) is 15. The summed E-state index contributed by atoms with van der Waals surface area (Å²) in [6.45, 7) is 4.97. The molecule has 0 bridgehead atoms. The molecule has 0 saturated heterocycles. The third-order valence-electron chi connectivity index (χ3n) is 18.6. The Morgan fingerprint density at radius 3 is 0.602 bits per heavy atom. The topological polar surface area (TPSA) is 237 Å². The third kappa shape index (κ3) is 72.4. The number of rotatable bonds is 80. The van der Waals surface area contributed by atoms with Gasteiger partial charge >= 0.3 is 39.5 Å². The van der Waals surface area contributed by atoms with Crippen LogP contribution in [0.5, 0.6) is 0 Å². The van der Waals surface area contributed by atoms with Gasteiger partial charge in [0.2, 0.25) is 0 Å². The summed E-state index contributed by atoms with van der Waals surface area (Å²) >= 11 is 0. The van der Waals surface area contributed by atoms with Crippen molar-refractivity contribution >= 4 is 39.5 Å². The van der Waals surface area contributed by atoms with Crippen molar-refractivity contribution in [2.45, 2.75) is 444 Å². The minimum atomic E-state index is -4.96. The van der Waals surface area contributed by atoms with Crippen molar-refractivity contribution in [2.24, 2.45) is 0 Å². The first kappa shape index (κ1) is 96.1. The van der Waals surface area contributed by atoms with Gasteiger partial charge in [-0.25, -0.2) is 9.13 Å². The van der Waals surface area contributed by atoms with Gasteiger partial charge in [0.15, 0.2) is 12.2 Å². The molecule has 0 aliphatic rings. The van der Waals surface area contributed by atoms with Crippen molar-refractivity contribution in [2.75, 3.05) is 39.6 Å². The van der Waals surface area contributed by atoms with Crippen molar-refractivity contribution in [3.63, 3.8) is 0 Å². The Balaban J connectivity index is 5.15. The smallest absolute Gasteiger partial charge is 0.462 e. The number of esters is 4. The highest BCUT2D eigenvalue weighted by atomic mass is 31.2. The van der Waals surface area contributed by atoms with E-state index in [0.717, 1.165) is 103 Å². The van der Waals surface area contributed by atoms with Crippen LogP contribution in [0.4, 0.5) is 0 Å². The molecule has 0 rings (SSSR count). The van der Waals surface area contributed by atoms with Gasteiger partial charge < -0.3 is 33.8 Å². The SMILES string of the molecule is CCCCCCCCCCCCCCCCCCCCCCCCC(=O)O[C@H](COC(=O)CCCCCCCCCCCCCCCCC)COP(=O)(O)OC[C@@H](O)COP(=O)(O)OC[C@@H](COC(=O)CCCCCCCCC)OC(=O)CCCCCCCCCCCCCCCC. The largest absolute Gasteiger partial charge is 0.472 e. The monoisotopic (exact) mass is 1440 g/mol. The predicted molar refractivity (Wildman–Crippen MR) is 400 cm³/mol. The van der Waals surface area contributed by atoms with E-state index in [1.807, 2.05) is 0 Å². The van der Waals surface area contributed by atoms with Crippen LogP contribution in [0.25, 0.3) is 0 Å². The second-order valence-corrected chi connectivity index (χ2v) is 31.4. The van der Waals surface area contributed by atoms with E-state index in [2.05, 4.69) is 27.7 Å². The van der Waals surface area contributed by atoms with Crippen molar-refractivity contribution in [1.82, 2.24) is 0 Å². The second-order valence-electron chi connectivity index (χ2n) is 28.5. The van der Waals surface area contributed by atoms with Gasteiger partial charge in [-0.1, -0.05) is 374 Å². The number of ether oxygens (including phenoxy) is 4. The van der Waals surface area contributed by atoms with Gasteiger partial charge in [0.1, 0.15) is 19.3 Å². The molecule has 0 aliphatic carbocycles. The van der Waals surface area contributed by atoms with Gasteiger partial charge in [-0.2, -0.15) is 0 Å². The molecule has 98 heavy (non-hydrogen) atoms. The number of carbonyl (C=O) groups is 4. The quantitative estimate of drug-likeness (QED) is 0.0222. The lowest BCUT2D eigenvalue weighted by atomic mass is 10.0. The van der Waals surface area contributed by atoms with E-state index in [1.165, 1.54) is 244 Å². The van der Waals surface area contributed by atoms with Gasteiger partial charge in [-0.3, -0.25) is 37.3 Å². The zero-order valence-corrected chi connectivity index (χ0v) is 65.6. The lowest BCUT2D eigenvalue weighted by Gasteiger charge is -2.21. The van der Waals surface area contributed by atoms with Crippen LogP contribution in [-0.4, -0.2) is 96.7 Å². The average Bonchev–Trinajstić information content (AvgIpc) is 0.961. The number of phosphoric acid groups is 2. The fourth-order valence-electron chi connectivity index (χ4n) is 12.3. The first-order valence-electron chi connectivity index (χ1n) is 41.3. The van der Waals surface area contributed by atoms with Gasteiger partial charge in [-0.05, 0) is 25.7 Å². The lowest BCUT2D eigenvalue weighted by molar-refractivity contribution is -0.161. The summed E-state index contributed by atoms with van der Waals surface area (Å²) in [5.41, 5.74) is 0.